The molecule has 1 atom stereocenters. The summed E-state index contributed by atoms with van der Waals surface area (Å²) in [5, 5.41) is 10.1. The Balaban J connectivity index is 1.82. The number of carbonyl (C=O) groups is 1. The summed E-state index contributed by atoms with van der Waals surface area (Å²) in [6.45, 7) is 4.31. The molecule has 2 N–H and O–H groups in total. The summed E-state index contributed by atoms with van der Waals surface area (Å²) in [5.41, 5.74) is 0. The average Bonchev–Trinajstić information content (AvgIpc) is 2.90. The largest absolute Gasteiger partial charge is 0.338 e. The Kier molecular flexibility index (Phi) is 3.73. The monoisotopic (exact) mass is 237 g/mol. The van der Waals surface area contributed by atoms with Gasteiger partial charge in [-0.25, -0.2) is 4.98 Å². The Morgan fingerprint density at radius 2 is 2.41 bits per heavy atom. The van der Waals surface area contributed by atoms with Gasteiger partial charge in [0.1, 0.15) is 5.82 Å². The van der Waals surface area contributed by atoms with E-state index in [1.807, 2.05) is 6.92 Å². The smallest absolute Gasteiger partial charge is 0.223 e. The third kappa shape index (κ3) is 3.26. The number of rotatable bonds is 4. The molecule has 1 amide bonds. The van der Waals surface area contributed by atoms with E-state index in [1.54, 1.807) is 11.9 Å². The van der Waals surface area contributed by atoms with Gasteiger partial charge in [-0.3, -0.25) is 9.89 Å². The molecule has 1 aromatic heterocycles. The second-order valence-corrected chi connectivity index (χ2v) is 4.65. The Labute approximate surface area is 101 Å². The number of aromatic nitrogens is 3. The topological polar surface area (TPSA) is 73.9 Å². The van der Waals surface area contributed by atoms with Gasteiger partial charge in [0.15, 0.2) is 5.82 Å². The second-order valence-electron chi connectivity index (χ2n) is 4.65. The molecule has 0 bridgehead atoms. The lowest BCUT2D eigenvalue weighted by molar-refractivity contribution is -0.131. The van der Waals surface area contributed by atoms with Gasteiger partial charge >= 0.3 is 0 Å². The number of aromatic amines is 1. The molecule has 2 heterocycles. The first-order chi connectivity index (χ1) is 8.15. The van der Waals surface area contributed by atoms with Crippen LogP contribution in [0.2, 0.25) is 0 Å². The molecule has 0 aromatic carbocycles. The van der Waals surface area contributed by atoms with Gasteiger partial charge in [-0.05, 0) is 32.4 Å². The van der Waals surface area contributed by atoms with Crippen molar-refractivity contribution in [3.05, 3.63) is 11.6 Å². The highest BCUT2D eigenvalue weighted by Crippen LogP contribution is 2.13. The van der Waals surface area contributed by atoms with Gasteiger partial charge in [-0.15, -0.1) is 0 Å². The minimum Gasteiger partial charge on any atom is -0.338 e. The van der Waals surface area contributed by atoms with E-state index >= 15 is 0 Å². The van der Waals surface area contributed by atoms with E-state index in [0.29, 0.717) is 24.7 Å². The second kappa shape index (κ2) is 5.27. The predicted octanol–water partition coefficient (Wildman–Crippen LogP) is 0.0711. The molecule has 0 saturated carbocycles. The van der Waals surface area contributed by atoms with Crippen LogP contribution in [0.15, 0.2) is 0 Å². The normalized spacial score (nSPS) is 19.5. The number of nitrogens with one attached hydrogen (secondary N) is 2. The van der Waals surface area contributed by atoms with Gasteiger partial charge in [-0.1, -0.05) is 0 Å². The minimum absolute atomic E-state index is 0.168. The third-order valence-electron chi connectivity index (χ3n) is 3.07. The van der Waals surface area contributed by atoms with Crippen molar-refractivity contribution in [1.29, 1.82) is 0 Å². The number of H-pyrrole nitrogens is 1. The van der Waals surface area contributed by atoms with E-state index in [4.69, 9.17) is 0 Å². The van der Waals surface area contributed by atoms with Crippen LogP contribution >= 0.6 is 0 Å². The van der Waals surface area contributed by atoms with Gasteiger partial charge in [0, 0.05) is 13.5 Å². The zero-order chi connectivity index (χ0) is 12.3. The molecule has 0 aliphatic carbocycles. The van der Waals surface area contributed by atoms with E-state index in [1.165, 1.54) is 0 Å². The summed E-state index contributed by atoms with van der Waals surface area (Å²) in [6, 6.07) is 0. The third-order valence-corrected chi connectivity index (χ3v) is 3.07. The molecule has 1 unspecified atom stereocenters. The highest BCUT2D eigenvalue weighted by Gasteiger charge is 2.20. The Bertz CT molecular complexity index is 383. The van der Waals surface area contributed by atoms with Crippen LogP contribution in [0, 0.1) is 12.8 Å². The molecule has 1 aliphatic rings. The SMILES string of the molecule is Cc1nc(CN(C)C(=O)CC2CCNC2)n[nH]1. The van der Waals surface area contributed by atoms with Crippen molar-refractivity contribution in [2.45, 2.75) is 26.3 Å². The van der Waals surface area contributed by atoms with Gasteiger partial charge in [-0.2, -0.15) is 5.10 Å². The minimum atomic E-state index is 0.168. The van der Waals surface area contributed by atoms with Gasteiger partial charge in [0.25, 0.3) is 0 Å². The quantitative estimate of drug-likeness (QED) is 0.777. The van der Waals surface area contributed by atoms with Crippen LogP contribution < -0.4 is 5.32 Å². The van der Waals surface area contributed by atoms with Crippen LogP contribution in [0.1, 0.15) is 24.5 Å². The molecule has 0 radical (unpaired) electrons. The molecular weight excluding hydrogens is 218 g/mol. The first-order valence-electron chi connectivity index (χ1n) is 5.97. The summed E-state index contributed by atoms with van der Waals surface area (Å²) in [4.78, 5) is 17.8. The van der Waals surface area contributed by atoms with Crippen molar-refractivity contribution in [3.63, 3.8) is 0 Å². The van der Waals surface area contributed by atoms with E-state index in [0.717, 1.165) is 25.3 Å². The Hall–Kier alpha value is -1.43. The van der Waals surface area contributed by atoms with Crippen LogP contribution in [0.4, 0.5) is 0 Å². The van der Waals surface area contributed by atoms with Crippen LogP contribution in [-0.4, -0.2) is 46.1 Å². The van der Waals surface area contributed by atoms with Crippen molar-refractivity contribution in [1.82, 2.24) is 25.4 Å². The fourth-order valence-electron chi connectivity index (χ4n) is 2.05. The van der Waals surface area contributed by atoms with E-state index < -0.39 is 0 Å². The lowest BCUT2D eigenvalue weighted by Gasteiger charge is -2.17. The molecule has 17 heavy (non-hydrogen) atoms. The number of hydrogen-bond donors (Lipinski definition) is 2. The van der Waals surface area contributed by atoms with Crippen molar-refractivity contribution in [2.24, 2.45) is 5.92 Å². The number of carbonyl (C=O) groups excluding carboxylic acids is 1. The summed E-state index contributed by atoms with van der Waals surface area (Å²) in [5.74, 6) is 2.10. The lowest BCUT2D eigenvalue weighted by atomic mass is 10.0. The molecule has 2 rings (SSSR count). The molecule has 94 valence electrons. The maximum atomic E-state index is 11.9. The Morgan fingerprint density at radius 3 is 3.00 bits per heavy atom. The molecular formula is C11H19N5O. The predicted molar refractivity (Wildman–Crippen MR) is 63.2 cm³/mol. The van der Waals surface area contributed by atoms with Gasteiger partial charge < -0.3 is 10.2 Å². The maximum Gasteiger partial charge on any atom is 0.223 e. The van der Waals surface area contributed by atoms with Gasteiger partial charge in [0.2, 0.25) is 5.91 Å². The van der Waals surface area contributed by atoms with Crippen LogP contribution in [0.5, 0.6) is 0 Å². The van der Waals surface area contributed by atoms with Crippen molar-refractivity contribution < 1.29 is 4.79 Å². The lowest BCUT2D eigenvalue weighted by Crippen LogP contribution is -2.29. The molecule has 1 aliphatic heterocycles. The first-order valence-corrected chi connectivity index (χ1v) is 5.97. The summed E-state index contributed by atoms with van der Waals surface area (Å²) in [7, 11) is 1.80. The van der Waals surface area contributed by atoms with Gasteiger partial charge in [0.05, 0.1) is 6.54 Å². The van der Waals surface area contributed by atoms with E-state index in [2.05, 4.69) is 20.5 Å². The van der Waals surface area contributed by atoms with Crippen molar-refractivity contribution in [3.8, 4) is 0 Å². The standard InChI is InChI=1S/C11H19N5O/c1-8-13-10(15-14-8)7-16(2)11(17)5-9-3-4-12-6-9/h9,12H,3-7H2,1-2H3,(H,13,14,15). The van der Waals surface area contributed by atoms with Crippen LogP contribution in [0.25, 0.3) is 0 Å². The molecule has 0 spiro atoms. The zero-order valence-corrected chi connectivity index (χ0v) is 10.4. The van der Waals surface area contributed by atoms with Crippen molar-refractivity contribution >= 4 is 5.91 Å². The van der Waals surface area contributed by atoms with Crippen LogP contribution in [0.3, 0.4) is 0 Å². The summed E-state index contributed by atoms with van der Waals surface area (Å²) in [6.07, 6.45) is 1.71. The highest BCUT2D eigenvalue weighted by molar-refractivity contribution is 5.76. The van der Waals surface area contributed by atoms with E-state index in [-0.39, 0.29) is 5.91 Å². The number of hydrogen-bond acceptors (Lipinski definition) is 4. The fraction of sp³-hybridized carbons (Fsp3) is 0.727. The van der Waals surface area contributed by atoms with Crippen molar-refractivity contribution in [2.75, 3.05) is 20.1 Å². The molecule has 6 heteroatoms. The number of aryl methyl sites for hydroxylation is 1. The summed E-state index contributed by atoms with van der Waals surface area (Å²) < 4.78 is 0. The number of amides is 1. The molecule has 6 nitrogen and oxygen atoms in total. The zero-order valence-electron chi connectivity index (χ0n) is 10.4. The van der Waals surface area contributed by atoms with E-state index in [9.17, 15) is 4.79 Å². The number of nitrogens with zero attached hydrogens (tertiary/aromatic N) is 3. The Morgan fingerprint density at radius 1 is 1.59 bits per heavy atom. The first kappa shape index (κ1) is 12.0. The average molecular weight is 237 g/mol. The highest BCUT2D eigenvalue weighted by atomic mass is 16.2. The molecule has 1 aromatic rings. The molecule has 1 fully saturated rings. The molecule has 1 saturated heterocycles. The summed E-state index contributed by atoms with van der Waals surface area (Å²) >= 11 is 0. The fourth-order valence-corrected chi connectivity index (χ4v) is 2.05. The maximum absolute atomic E-state index is 11.9. The van der Waals surface area contributed by atoms with Crippen LogP contribution in [-0.2, 0) is 11.3 Å².